The number of aliphatic hydroxyl groups is 1. The number of likely N-dealkylation sites (N-methyl/N-ethyl adjacent to an activating group) is 1. The molecule has 0 atom stereocenters. The number of carbonyl (C=O) groups is 1. The lowest BCUT2D eigenvalue weighted by Gasteiger charge is -2.20. The van der Waals surface area contributed by atoms with Crippen molar-refractivity contribution in [1.29, 1.82) is 0 Å². The third-order valence-electron chi connectivity index (χ3n) is 2.79. The first-order chi connectivity index (χ1) is 9.51. The fraction of sp³-hybridized carbons (Fsp3) is 0.462. The summed E-state index contributed by atoms with van der Waals surface area (Å²) >= 11 is 0. The maximum atomic E-state index is 11.9. The molecule has 0 unspecified atom stereocenters. The Morgan fingerprint density at radius 3 is 2.50 bits per heavy atom. The summed E-state index contributed by atoms with van der Waals surface area (Å²) in [4.78, 5) is 13.5. The normalized spacial score (nSPS) is 11.3. The van der Waals surface area contributed by atoms with Crippen molar-refractivity contribution in [2.45, 2.75) is 18.2 Å². The third kappa shape index (κ3) is 4.92. The molecule has 0 aromatic heterocycles. The topological polar surface area (TPSA) is 86.7 Å². The first kappa shape index (κ1) is 16.6. The molecule has 0 bridgehead atoms. The summed E-state index contributed by atoms with van der Waals surface area (Å²) in [6.45, 7) is 2.42. The van der Waals surface area contributed by atoms with Gasteiger partial charge in [-0.25, -0.2) is 13.1 Å². The maximum Gasteiger partial charge on any atom is 0.241 e. The average molecular weight is 300 g/mol. The summed E-state index contributed by atoms with van der Waals surface area (Å²) in [5.41, 5.74) is 0. The molecule has 112 valence electrons. The van der Waals surface area contributed by atoms with E-state index in [-0.39, 0.29) is 24.0 Å². The van der Waals surface area contributed by atoms with Gasteiger partial charge in [0.25, 0.3) is 0 Å². The zero-order chi connectivity index (χ0) is 15.0. The second-order valence-electron chi connectivity index (χ2n) is 4.19. The standard InChI is InChI=1S/C13H20N2O4S/c1-2-15(9-6-10-16)13(17)11-14-20(18,19)12-7-4-3-5-8-12/h3-5,7-8,14,16H,2,6,9-11H2,1H3. The molecule has 2 N–H and O–H groups in total. The van der Waals surface area contributed by atoms with E-state index in [1.165, 1.54) is 17.0 Å². The predicted molar refractivity (Wildman–Crippen MR) is 75.6 cm³/mol. The Morgan fingerprint density at radius 1 is 1.30 bits per heavy atom. The van der Waals surface area contributed by atoms with Crippen molar-refractivity contribution in [2.24, 2.45) is 0 Å². The van der Waals surface area contributed by atoms with Crippen molar-refractivity contribution in [2.75, 3.05) is 26.2 Å². The molecule has 1 aromatic rings. The van der Waals surface area contributed by atoms with Gasteiger partial charge in [0.05, 0.1) is 11.4 Å². The van der Waals surface area contributed by atoms with Gasteiger partial charge < -0.3 is 10.0 Å². The molecule has 1 amide bonds. The zero-order valence-corrected chi connectivity index (χ0v) is 12.3. The van der Waals surface area contributed by atoms with Gasteiger partial charge >= 0.3 is 0 Å². The summed E-state index contributed by atoms with van der Waals surface area (Å²) in [5, 5.41) is 8.75. The van der Waals surface area contributed by atoms with Gasteiger partial charge in [0.2, 0.25) is 15.9 Å². The van der Waals surface area contributed by atoms with Crippen molar-refractivity contribution >= 4 is 15.9 Å². The molecule has 20 heavy (non-hydrogen) atoms. The lowest BCUT2D eigenvalue weighted by atomic mass is 10.4. The van der Waals surface area contributed by atoms with Gasteiger partial charge in [0.1, 0.15) is 0 Å². The van der Waals surface area contributed by atoms with Gasteiger partial charge in [0.15, 0.2) is 0 Å². The molecule has 0 aliphatic heterocycles. The van der Waals surface area contributed by atoms with Gasteiger partial charge in [-0.15, -0.1) is 0 Å². The largest absolute Gasteiger partial charge is 0.396 e. The minimum Gasteiger partial charge on any atom is -0.396 e. The van der Waals surface area contributed by atoms with E-state index < -0.39 is 10.0 Å². The smallest absolute Gasteiger partial charge is 0.241 e. The number of nitrogens with zero attached hydrogens (tertiary/aromatic N) is 1. The summed E-state index contributed by atoms with van der Waals surface area (Å²) in [7, 11) is -3.66. The molecule has 0 saturated carbocycles. The Bertz CT molecular complexity index is 516. The molecule has 1 rings (SSSR count). The highest BCUT2D eigenvalue weighted by Crippen LogP contribution is 2.06. The van der Waals surface area contributed by atoms with Crippen LogP contribution in [-0.2, 0) is 14.8 Å². The van der Waals surface area contributed by atoms with Crippen molar-refractivity contribution in [3.05, 3.63) is 30.3 Å². The number of aliphatic hydroxyl groups excluding tert-OH is 1. The highest BCUT2D eigenvalue weighted by Gasteiger charge is 2.17. The first-order valence-electron chi connectivity index (χ1n) is 6.44. The fourth-order valence-electron chi connectivity index (χ4n) is 1.67. The lowest BCUT2D eigenvalue weighted by molar-refractivity contribution is -0.129. The SMILES string of the molecule is CCN(CCCO)C(=O)CNS(=O)(=O)c1ccccc1. The van der Waals surface area contributed by atoms with E-state index in [0.717, 1.165) is 0 Å². The molecule has 0 spiro atoms. The Balaban J connectivity index is 2.59. The van der Waals surface area contributed by atoms with Crippen LogP contribution in [0.25, 0.3) is 0 Å². The molecule has 0 radical (unpaired) electrons. The van der Waals surface area contributed by atoms with Crippen LogP contribution in [0.2, 0.25) is 0 Å². The Hall–Kier alpha value is -1.44. The van der Waals surface area contributed by atoms with Gasteiger partial charge in [-0.3, -0.25) is 4.79 Å². The van der Waals surface area contributed by atoms with E-state index >= 15 is 0 Å². The number of carbonyl (C=O) groups excluding carboxylic acids is 1. The van der Waals surface area contributed by atoms with Gasteiger partial charge in [-0.05, 0) is 25.5 Å². The van der Waals surface area contributed by atoms with E-state index in [1.54, 1.807) is 25.1 Å². The van der Waals surface area contributed by atoms with Crippen LogP contribution in [0.5, 0.6) is 0 Å². The predicted octanol–water partition coefficient (Wildman–Crippen LogP) is 0.196. The van der Waals surface area contributed by atoms with Crippen molar-refractivity contribution < 1.29 is 18.3 Å². The maximum absolute atomic E-state index is 11.9. The van der Waals surface area contributed by atoms with Crippen LogP contribution in [0.3, 0.4) is 0 Å². The van der Waals surface area contributed by atoms with Crippen LogP contribution in [0, 0.1) is 0 Å². The number of rotatable bonds is 8. The van der Waals surface area contributed by atoms with Crippen LogP contribution >= 0.6 is 0 Å². The van der Waals surface area contributed by atoms with Crippen molar-refractivity contribution in [1.82, 2.24) is 9.62 Å². The Morgan fingerprint density at radius 2 is 1.95 bits per heavy atom. The number of benzene rings is 1. The quantitative estimate of drug-likeness (QED) is 0.718. The van der Waals surface area contributed by atoms with E-state index in [4.69, 9.17) is 5.11 Å². The number of hydrogen-bond acceptors (Lipinski definition) is 4. The van der Waals surface area contributed by atoms with Crippen LogP contribution in [0.4, 0.5) is 0 Å². The zero-order valence-electron chi connectivity index (χ0n) is 11.4. The minimum absolute atomic E-state index is 0.000474. The molecule has 0 aliphatic carbocycles. The molecule has 7 heteroatoms. The molecule has 0 saturated heterocycles. The molecule has 0 aliphatic rings. The van der Waals surface area contributed by atoms with Gasteiger partial charge in [-0.1, -0.05) is 18.2 Å². The van der Waals surface area contributed by atoms with Crippen LogP contribution in [0.1, 0.15) is 13.3 Å². The summed E-state index contributed by atoms with van der Waals surface area (Å²) in [6.07, 6.45) is 0.477. The minimum atomic E-state index is -3.66. The van der Waals surface area contributed by atoms with E-state index in [2.05, 4.69) is 4.72 Å². The second-order valence-corrected chi connectivity index (χ2v) is 5.96. The molecular formula is C13H20N2O4S. The van der Waals surface area contributed by atoms with E-state index in [9.17, 15) is 13.2 Å². The number of sulfonamides is 1. The summed E-state index contributed by atoms with van der Waals surface area (Å²) in [5.74, 6) is -0.305. The van der Waals surface area contributed by atoms with Crippen LogP contribution < -0.4 is 4.72 Å². The third-order valence-corrected chi connectivity index (χ3v) is 4.20. The van der Waals surface area contributed by atoms with Crippen LogP contribution in [-0.4, -0.2) is 50.6 Å². The van der Waals surface area contributed by atoms with Crippen LogP contribution in [0.15, 0.2) is 35.2 Å². The number of hydrogen-bond donors (Lipinski definition) is 2. The second kappa shape index (κ2) is 7.98. The summed E-state index contributed by atoms with van der Waals surface area (Å²) in [6, 6.07) is 7.90. The van der Waals surface area contributed by atoms with E-state index in [0.29, 0.717) is 19.5 Å². The van der Waals surface area contributed by atoms with Crippen molar-refractivity contribution in [3.63, 3.8) is 0 Å². The number of amides is 1. The van der Waals surface area contributed by atoms with Gasteiger partial charge in [0, 0.05) is 19.7 Å². The summed E-state index contributed by atoms with van der Waals surface area (Å²) < 4.78 is 26.2. The Labute approximate surface area is 119 Å². The molecule has 0 fully saturated rings. The molecule has 0 heterocycles. The van der Waals surface area contributed by atoms with Gasteiger partial charge in [-0.2, -0.15) is 0 Å². The highest BCUT2D eigenvalue weighted by atomic mass is 32.2. The lowest BCUT2D eigenvalue weighted by Crippen LogP contribution is -2.40. The first-order valence-corrected chi connectivity index (χ1v) is 7.93. The van der Waals surface area contributed by atoms with E-state index in [1.807, 2.05) is 0 Å². The highest BCUT2D eigenvalue weighted by molar-refractivity contribution is 7.89. The molecule has 1 aromatic carbocycles. The average Bonchev–Trinajstić information content (AvgIpc) is 2.47. The van der Waals surface area contributed by atoms with Crippen molar-refractivity contribution in [3.8, 4) is 0 Å². The molecule has 6 nitrogen and oxygen atoms in total. The monoisotopic (exact) mass is 300 g/mol. The molecular weight excluding hydrogens is 280 g/mol. The fourth-order valence-corrected chi connectivity index (χ4v) is 2.67. The Kier molecular flexibility index (Phi) is 6.63. The number of nitrogens with one attached hydrogen (secondary N) is 1.